The predicted octanol–water partition coefficient (Wildman–Crippen LogP) is 4.25. The molecule has 2 aromatic carbocycles. The van der Waals surface area contributed by atoms with Gasteiger partial charge in [0.25, 0.3) is 5.91 Å². The molecule has 7 nitrogen and oxygen atoms in total. The highest BCUT2D eigenvalue weighted by Gasteiger charge is 2.19. The molecule has 0 atom stereocenters. The van der Waals surface area contributed by atoms with Gasteiger partial charge in [0.2, 0.25) is 0 Å². The van der Waals surface area contributed by atoms with Gasteiger partial charge in [-0.3, -0.25) is 9.59 Å². The Balaban J connectivity index is 1.47. The summed E-state index contributed by atoms with van der Waals surface area (Å²) in [6.07, 6.45) is 1.63. The van der Waals surface area contributed by atoms with Gasteiger partial charge in [0.05, 0.1) is 36.0 Å². The Morgan fingerprint density at radius 3 is 2.52 bits per heavy atom. The molecule has 33 heavy (non-hydrogen) atoms. The number of fused-ring (bicyclic) bond motifs is 1. The van der Waals surface area contributed by atoms with E-state index in [0.29, 0.717) is 41.2 Å². The van der Waals surface area contributed by atoms with Crippen LogP contribution in [-0.2, 0) is 4.74 Å². The summed E-state index contributed by atoms with van der Waals surface area (Å²) >= 11 is 0. The molecule has 1 N–H and O–H groups in total. The zero-order chi connectivity index (χ0) is 22.8. The number of rotatable bonds is 4. The van der Waals surface area contributed by atoms with Gasteiger partial charge in [-0.1, -0.05) is 36.4 Å². The van der Waals surface area contributed by atoms with Crippen molar-refractivity contribution in [3.05, 3.63) is 88.2 Å². The molecular weight excluding hydrogens is 418 g/mol. The van der Waals surface area contributed by atoms with E-state index < -0.39 is 0 Å². The zero-order valence-electron chi connectivity index (χ0n) is 18.2. The highest BCUT2D eigenvalue weighted by atomic mass is 16.5. The fourth-order valence-corrected chi connectivity index (χ4v) is 3.99. The van der Waals surface area contributed by atoms with Gasteiger partial charge < -0.3 is 19.4 Å². The number of hydrogen-bond acceptors (Lipinski definition) is 6. The molecule has 0 radical (unpaired) electrons. The van der Waals surface area contributed by atoms with Crippen LogP contribution in [0.2, 0.25) is 0 Å². The van der Waals surface area contributed by atoms with Crippen molar-refractivity contribution in [1.82, 2.24) is 4.98 Å². The van der Waals surface area contributed by atoms with Gasteiger partial charge in [-0.2, -0.15) is 0 Å². The first-order valence-corrected chi connectivity index (χ1v) is 10.8. The molecule has 166 valence electrons. The molecule has 1 aliphatic heterocycles. The number of ether oxygens (including phenoxy) is 1. The Hall–Kier alpha value is -3.97. The van der Waals surface area contributed by atoms with Crippen LogP contribution in [0.3, 0.4) is 0 Å². The van der Waals surface area contributed by atoms with Crippen LogP contribution in [-0.4, -0.2) is 37.2 Å². The number of carbonyl (C=O) groups excluding carboxylic acids is 1. The first-order valence-electron chi connectivity index (χ1n) is 10.8. The molecule has 4 aromatic rings. The lowest BCUT2D eigenvalue weighted by molar-refractivity contribution is 0.102. The number of carbonyl (C=O) groups is 1. The van der Waals surface area contributed by atoms with Crippen molar-refractivity contribution < 1.29 is 13.9 Å². The van der Waals surface area contributed by atoms with Crippen molar-refractivity contribution in [2.24, 2.45) is 0 Å². The van der Waals surface area contributed by atoms with Crippen molar-refractivity contribution in [3.8, 4) is 11.3 Å². The lowest BCUT2D eigenvalue weighted by Gasteiger charge is -2.27. The first kappa shape index (κ1) is 20.9. The highest BCUT2D eigenvalue weighted by Crippen LogP contribution is 2.27. The van der Waals surface area contributed by atoms with Gasteiger partial charge in [-0.05, 0) is 31.2 Å². The number of morpholine rings is 1. The molecule has 0 saturated carbocycles. The van der Waals surface area contributed by atoms with E-state index >= 15 is 0 Å². The first-order chi connectivity index (χ1) is 16.1. The van der Waals surface area contributed by atoms with Crippen LogP contribution in [0.25, 0.3) is 22.3 Å². The van der Waals surface area contributed by atoms with Gasteiger partial charge in [-0.15, -0.1) is 0 Å². The Morgan fingerprint density at radius 2 is 1.79 bits per heavy atom. The van der Waals surface area contributed by atoms with Crippen LogP contribution in [0.1, 0.15) is 15.9 Å². The third kappa shape index (κ3) is 4.10. The summed E-state index contributed by atoms with van der Waals surface area (Å²) in [5.41, 5.74) is 2.26. The van der Waals surface area contributed by atoms with E-state index in [4.69, 9.17) is 9.15 Å². The second-order valence-electron chi connectivity index (χ2n) is 7.89. The largest absolute Gasteiger partial charge is 0.455 e. The molecule has 1 aliphatic rings. The van der Waals surface area contributed by atoms with Crippen molar-refractivity contribution in [2.45, 2.75) is 6.92 Å². The third-order valence-corrected chi connectivity index (χ3v) is 5.77. The molecule has 0 bridgehead atoms. The molecular formula is C26H23N3O4. The minimum atomic E-state index is -0.368. The van der Waals surface area contributed by atoms with Crippen molar-refractivity contribution in [2.75, 3.05) is 36.5 Å². The highest BCUT2D eigenvalue weighted by molar-refractivity contribution is 6.11. The molecule has 7 heteroatoms. The summed E-state index contributed by atoms with van der Waals surface area (Å²) in [4.78, 5) is 32.8. The summed E-state index contributed by atoms with van der Waals surface area (Å²) < 4.78 is 11.5. The Bertz CT molecular complexity index is 1360. The number of anilines is 2. The summed E-state index contributed by atoms with van der Waals surface area (Å²) in [5, 5.41) is 3.24. The average molecular weight is 441 g/mol. The number of benzene rings is 2. The normalized spacial score (nSPS) is 13.8. The maximum absolute atomic E-state index is 13.1. The lowest BCUT2D eigenvalue weighted by atomic mass is 10.0. The van der Waals surface area contributed by atoms with E-state index in [0.717, 1.165) is 24.5 Å². The monoisotopic (exact) mass is 441 g/mol. The second-order valence-corrected chi connectivity index (χ2v) is 7.89. The molecule has 0 unspecified atom stereocenters. The van der Waals surface area contributed by atoms with Crippen LogP contribution in [0.15, 0.2) is 76.1 Å². The fraction of sp³-hybridized carbons (Fsp3) is 0.192. The summed E-state index contributed by atoms with van der Waals surface area (Å²) in [6, 6.07) is 18.1. The minimum absolute atomic E-state index is 0.152. The second kappa shape index (κ2) is 8.88. The Morgan fingerprint density at radius 1 is 1.00 bits per heavy atom. The van der Waals surface area contributed by atoms with E-state index in [9.17, 15) is 9.59 Å². The molecule has 1 fully saturated rings. The Kier molecular flexibility index (Phi) is 5.62. The van der Waals surface area contributed by atoms with Gasteiger partial charge in [0.15, 0.2) is 11.0 Å². The molecule has 0 aliphatic carbocycles. The molecule has 0 spiro atoms. The zero-order valence-corrected chi connectivity index (χ0v) is 18.2. The maximum atomic E-state index is 13.1. The van der Waals surface area contributed by atoms with E-state index in [1.807, 2.05) is 42.5 Å². The molecule has 1 amide bonds. The van der Waals surface area contributed by atoms with E-state index in [1.54, 1.807) is 31.3 Å². The summed E-state index contributed by atoms with van der Waals surface area (Å²) in [6.45, 7) is 4.67. The number of pyridine rings is 1. The van der Waals surface area contributed by atoms with Crippen LogP contribution in [0, 0.1) is 6.92 Å². The van der Waals surface area contributed by atoms with Gasteiger partial charge in [-0.25, -0.2) is 4.98 Å². The molecule has 5 rings (SSSR count). The molecule has 3 heterocycles. The topological polar surface area (TPSA) is 84.7 Å². The van der Waals surface area contributed by atoms with E-state index in [1.165, 1.54) is 0 Å². The SMILES string of the molecule is Cc1c(-c2ccccc2)oc2c(C(=O)Nc3ccc(N4CCOCC4)nc3)cccc2c1=O. The molecule has 1 saturated heterocycles. The lowest BCUT2D eigenvalue weighted by Crippen LogP contribution is -2.36. The number of hydrogen-bond donors (Lipinski definition) is 1. The van der Waals surface area contributed by atoms with Crippen LogP contribution in [0.4, 0.5) is 11.5 Å². The fourth-order valence-electron chi connectivity index (χ4n) is 3.99. The Labute approximate surface area is 190 Å². The van der Waals surface area contributed by atoms with Gasteiger partial charge in [0.1, 0.15) is 11.6 Å². The van der Waals surface area contributed by atoms with Gasteiger partial charge in [0, 0.05) is 24.2 Å². The number of aromatic nitrogens is 1. The standard InChI is InChI=1S/C26H23N3O4/c1-17-23(30)20-8-5-9-21(25(20)33-24(17)18-6-3-2-4-7-18)26(31)28-19-10-11-22(27-16-19)29-12-14-32-15-13-29/h2-11,16H,12-15H2,1H3,(H,28,31). The minimum Gasteiger partial charge on any atom is -0.455 e. The van der Waals surface area contributed by atoms with E-state index in [-0.39, 0.29) is 16.9 Å². The molecule has 2 aromatic heterocycles. The van der Waals surface area contributed by atoms with E-state index in [2.05, 4.69) is 15.2 Å². The van der Waals surface area contributed by atoms with Crippen molar-refractivity contribution >= 4 is 28.4 Å². The van der Waals surface area contributed by atoms with Crippen LogP contribution < -0.4 is 15.6 Å². The third-order valence-electron chi connectivity index (χ3n) is 5.77. The maximum Gasteiger partial charge on any atom is 0.259 e. The van der Waals surface area contributed by atoms with Crippen molar-refractivity contribution in [3.63, 3.8) is 0 Å². The number of amides is 1. The summed E-state index contributed by atoms with van der Waals surface area (Å²) in [5.74, 6) is 0.938. The van der Waals surface area contributed by atoms with Crippen molar-refractivity contribution in [1.29, 1.82) is 0 Å². The smallest absolute Gasteiger partial charge is 0.259 e. The summed E-state index contributed by atoms with van der Waals surface area (Å²) in [7, 11) is 0. The van der Waals surface area contributed by atoms with Crippen LogP contribution in [0.5, 0.6) is 0 Å². The van der Waals surface area contributed by atoms with Gasteiger partial charge >= 0.3 is 0 Å². The predicted molar refractivity (Wildman–Crippen MR) is 128 cm³/mol. The number of para-hydroxylation sites is 1. The quantitative estimate of drug-likeness (QED) is 0.510. The number of nitrogens with zero attached hydrogens (tertiary/aromatic N) is 2. The average Bonchev–Trinajstić information content (AvgIpc) is 2.87. The van der Waals surface area contributed by atoms with Crippen LogP contribution >= 0.6 is 0 Å². The number of nitrogens with one attached hydrogen (secondary N) is 1.